The second-order valence-electron chi connectivity index (χ2n) is 5.75. The van der Waals surface area contributed by atoms with E-state index in [4.69, 9.17) is 23.2 Å². The van der Waals surface area contributed by atoms with Crippen molar-refractivity contribution in [3.8, 4) is 16.3 Å². The largest absolute Gasteiger partial charge is 0.321 e. The predicted octanol–water partition coefficient (Wildman–Crippen LogP) is 6.16. The first-order chi connectivity index (χ1) is 13.1. The number of anilines is 1. The lowest BCUT2D eigenvalue weighted by Gasteiger charge is -2.08. The smallest absolute Gasteiger partial charge is 0.255 e. The quantitative estimate of drug-likeness (QED) is 0.435. The molecule has 2 aromatic carbocycles. The average Bonchev–Trinajstić information content (AvgIpc) is 3.35. The fourth-order valence-corrected chi connectivity index (χ4v) is 3.72. The zero-order valence-corrected chi connectivity index (χ0v) is 16.2. The number of carbonyl (C=O) groups is 1. The first-order valence-electron chi connectivity index (χ1n) is 8.06. The molecule has 0 bridgehead atoms. The molecule has 0 aliphatic rings. The number of hydrogen-bond donors (Lipinski definition) is 1. The van der Waals surface area contributed by atoms with Gasteiger partial charge in [-0.25, -0.2) is 4.68 Å². The SMILES string of the molecule is O=C(Nc1ccc(Cl)cc1Cl)c1ccc(-n2ccc(-c3cccs3)n2)cc1. The lowest BCUT2D eigenvalue weighted by molar-refractivity contribution is 0.102. The molecule has 2 heterocycles. The highest BCUT2D eigenvalue weighted by Gasteiger charge is 2.10. The maximum absolute atomic E-state index is 12.4. The molecular weight excluding hydrogens is 401 g/mol. The van der Waals surface area contributed by atoms with Gasteiger partial charge in [0.15, 0.2) is 0 Å². The van der Waals surface area contributed by atoms with E-state index in [1.807, 2.05) is 41.9 Å². The molecule has 0 spiro atoms. The Hall–Kier alpha value is -2.60. The minimum absolute atomic E-state index is 0.245. The molecule has 27 heavy (non-hydrogen) atoms. The van der Waals surface area contributed by atoms with Gasteiger partial charge in [-0.05, 0) is 60.0 Å². The average molecular weight is 414 g/mol. The molecule has 1 amide bonds. The summed E-state index contributed by atoms with van der Waals surface area (Å²) >= 11 is 13.6. The van der Waals surface area contributed by atoms with Crippen LogP contribution in [0.5, 0.6) is 0 Å². The maximum Gasteiger partial charge on any atom is 0.255 e. The number of amides is 1. The molecule has 134 valence electrons. The number of halogens is 2. The second-order valence-corrected chi connectivity index (χ2v) is 7.54. The molecule has 0 radical (unpaired) electrons. The van der Waals surface area contributed by atoms with Crippen LogP contribution in [0.15, 0.2) is 72.2 Å². The highest BCUT2D eigenvalue weighted by molar-refractivity contribution is 7.13. The van der Waals surface area contributed by atoms with Crippen LogP contribution in [0.25, 0.3) is 16.3 Å². The van der Waals surface area contributed by atoms with Gasteiger partial charge in [0.25, 0.3) is 5.91 Å². The van der Waals surface area contributed by atoms with Crippen LogP contribution in [0.1, 0.15) is 10.4 Å². The van der Waals surface area contributed by atoms with Crippen molar-refractivity contribution in [1.29, 1.82) is 0 Å². The van der Waals surface area contributed by atoms with Gasteiger partial charge in [-0.15, -0.1) is 11.3 Å². The lowest BCUT2D eigenvalue weighted by Crippen LogP contribution is -2.12. The summed E-state index contributed by atoms with van der Waals surface area (Å²) in [6.07, 6.45) is 1.90. The van der Waals surface area contributed by atoms with Gasteiger partial charge in [-0.3, -0.25) is 4.79 Å². The monoisotopic (exact) mass is 413 g/mol. The molecule has 4 rings (SSSR count). The summed E-state index contributed by atoms with van der Waals surface area (Å²) in [4.78, 5) is 13.6. The third-order valence-corrected chi connectivity index (χ3v) is 5.38. The molecule has 1 N–H and O–H groups in total. The van der Waals surface area contributed by atoms with Crippen molar-refractivity contribution in [3.63, 3.8) is 0 Å². The van der Waals surface area contributed by atoms with Crippen LogP contribution in [0.4, 0.5) is 5.69 Å². The molecule has 4 nitrogen and oxygen atoms in total. The van der Waals surface area contributed by atoms with Crippen LogP contribution < -0.4 is 5.32 Å². The molecule has 0 saturated carbocycles. The van der Waals surface area contributed by atoms with Crippen molar-refractivity contribution in [3.05, 3.63) is 87.8 Å². The number of carbonyl (C=O) groups excluding carboxylic acids is 1. The van der Waals surface area contributed by atoms with E-state index in [2.05, 4.69) is 10.4 Å². The summed E-state index contributed by atoms with van der Waals surface area (Å²) in [6, 6.07) is 18.1. The van der Waals surface area contributed by atoms with E-state index in [1.165, 1.54) is 0 Å². The van der Waals surface area contributed by atoms with E-state index in [0.29, 0.717) is 21.3 Å². The summed E-state index contributed by atoms with van der Waals surface area (Å²) in [5.41, 5.74) is 2.83. The van der Waals surface area contributed by atoms with Crippen molar-refractivity contribution in [2.24, 2.45) is 0 Å². The number of nitrogens with zero attached hydrogens (tertiary/aromatic N) is 2. The molecule has 0 unspecified atom stereocenters. The third kappa shape index (κ3) is 3.90. The Morgan fingerprint density at radius 2 is 1.85 bits per heavy atom. The highest BCUT2D eigenvalue weighted by Crippen LogP contribution is 2.26. The Labute approximate surface area is 170 Å². The maximum atomic E-state index is 12.4. The fourth-order valence-electron chi connectivity index (χ4n) is 2.57. The molecular formula is C20H13Cl2N3OS. The van der Waals surface area contributed by atoms with Crippen LogP contribution >= 0.6 is 34.5 Å². The van der Waals surface area contributed by atoms with Crippen molar-refractivity contribution in [2.45, 2.75) is 0 Å². The first-order valence-corrected chi connectivity index (χ1v) is 9.70. The Morgan fingerprint density at radius 3 is 2.56 bits per heavy atom. The first kappa shape index (κ1) is 17.8. The summed E-state index contributed by atoms with van der Waals surface area (Å²) in [5.74, 6) is -0.245. The minimum atomic E-state index is -0.245. The van der Waals surface area contributed by atoms with Crippen LogP contribution in [-0.2, 0) is 0 Å². The predicted molar refractivity (Wildman–Crippen MR) is 111 cm³/mol. The van der Waals surface area contributed by atoms with E-state index in [1.54, 1.807) is 46.4 Å². The van der Waals surface area contributed by atoms with E-state index in [-0.39, 0.29) is 5.91 Å². The fraction of sp³-hybridized carbons (Fsp3) is 0. The van der Waals surface area contributed by atoms with Gasteiger partial charge in [0.2, 0.25) is 0 Å². The molecule has 0 aliphatic carbocycles. The van der Waals surface area contributed by atoms with Crippen molar-refractivity contribution in [1.82, 2.24) is 9.78 Å². The molecule has 2 aromatic heterocycles. The van der Waals surface area contributed by atoms with Gasteiger partial charge in [-0.1, -0.05) is 29.3 Å². The zero-order valence-electron chi connectivity index (χ0n) is 13.9. The van der Waals surface area contributed by atoms with E-state index >= 15 is 0 Å². The van der Waals surface area contributed by atoms with Gasteiger partial charge >= 0.3 is 0 Å². The number of benzene rings is 2. The van der Waals surface area contributed by atoms with Crippen LogP contribution in [0.2, 0.25) is 10.0 Å². The molecule has 0 saturated heterocycles. The minimum Gasteiger partial charge on any atom is -0.321 e. The van der Waals surface area contributed by atoms with Crippen LogP contribution in [-0.4, -0.2) is 15.7 Å². The van der Waals surface area contributed by atoms with Crippen molar-refractivity contribution < 1.29 is 4.79 Å². The standard InChI is InChI=1S/C20H13Cl2N3OS/c21-14-5-8-17(16(22)12-14)23-20(26)13-3-6-15(7-4-13)25-10-9-18(24-25)19-2-1-11-27-19/h1-12H,(H,23,26). The molecule has 7 heteroatoms. The second kappa shape index (κ2) is 7.56. The topological polar surface area (TPSA) is 46.9 Å². The Kier molecular flexibility index (Phi) is 4.99. The molecule has 0 aliphatic heterocycles. The molecule has 0 atom stereocenters. The summed E-state index contributed by atoms with van der Waals surface area (Å²) in [6.45, 7) is 0. The Morgan fingerprint density at radius 1 is 1.04 bits per heavy atom. The summed E-state index contributed by atoms with van der Waals surface area (Å²) in [5, 5.41) is 10.3. The summed E-state index contributed by atoms with van der Waals surface area (Å²) in [7, 11) is 0. The Bertz CT molecular complexity index is 1090. The van der Waals surface area contributed by atoms with Gasteiger partial charge in [0.05, 0.1) is 21.3 Å². The van der Waals surface area contributed by atoms with Gasteiger partial charge < -0.3 is 5.32 Å². The Balaban J connectivity index is 1.51. The van der Waals surface area contributed by atoms with Crippen LogP contribution in [0, 0.1) is 0 Å². The van der Waals surface area contributed by atoms with Crippen molar-refractivity contribution in [2.75, 3.05) is 5.32 Å². The number of aromatic nitrogens is 2. The number of hydrogen-bond acceptors (Lipinski definition) is 3. The number of rotatable bonds is 4. The lowest BCUT2D eigenvalue weighted by atomic mass is 10.2. The molecule has 0 fully saturated rings. The molecule has 4 aromatic rings. The number of nitrogens with one attached hydrogen (secondary N) is 1. The van der Waals surface area contributed by atoms with Gasteiger partial charge in [0, 0.05) is 16.8 Å². The third-order valence-electron chi connectivity index (χ3n) is 3.94. The van der Waals surface area contributed by atoms with Gasteiger partial charge in [0.1, 0.15) is 5.69 Å². The highest BCUT2D eigenvalue weighted by atomic mass is 35.5. The summed E-state index contributed by atoms with van der Waals surface area (Å²) < 4.78 is 1.78. The van der Waals surface area contributed by atoms with Crippen LogP contribution in [0.3, 0.4) is 0 Å². The zero-order chi connectivity index (χ0) is 18.8. The van der Waals surface area contributed by atoms with E-state index < -0.39 is 0 Å². The van der Waals surface area contributed by atoms with E-state index in [9.17, 15) is 4.79 Å². The number of thiophene rings is 1. The normalized spacial score (nSPS) is 10.7. The van der Waals surface area contributed by atoms with E-state index in [0.717, 1.165) is 16.3 Å². The van der Waals surface area contributed by atoms with Crippen molar-refractivity contribution >= 4 is 46.1 Å². The van der Waals surface area contributed by atoms with Gasteiger partial charge in [-0.2, -0.15) is 5.10 Å².